The number of carbonyl (C=O) groups excluding carboxylic acids is 1. The molecule has 0 aliphatic carbocycles. The molecule has 5 nitrogen and oxygen atoms in total. The Morgan fingerprint density at radius 3 is 2.35 bits per heavy atom. The summed E-state index contributed by atoms with van der Waals surface area (Å²) in [6, 6.07) is 10.4. The molecule has 0 fully saturated rings. The van der Waals surface area contributed by atoms with Crippen LogP contribution in [-0.4, -0.2) is 23.5 Å². The van der Waals surface area contributed by atoms with Gasteiger partial charge >= 0.3 is 0 Å². The minimum atomic E-state index is -0.887. The number of aliphatic imine (C=N–C) groups is 2. The van der Waals surface area contributed by atoms with E-state index in [9.17, 15) is 13.6 Å². The molecule has 0 aliphatic heterocycles. The summed E-state index contributed by atoms with van der Waals surface area (Å²) in [6.07, 6.45) is 8.97. The first-order valence-electron chi connectivity index (χ1n) is 12.7. The summed E-state index contributed by atoms with van der Waals surface area (Å²) in [5, 5.41) is 6.33. The number of allylic oxidation sites excluding steroid dienone is 2. The third kappa shape index (κ3) is 8.77. The minimum absolute atomic E-state index is 0.0876. The highest BCUT2D eigenvalue weighted by molar-refractivity contribution is 6.45. The fourth-order valence-corrected chi connectivity index (χ4v) is 3.58. The van der Waals surface area contributed by atoms with Gasteiger partial charge in [-0.25, -0.2) is 13.8 Å². The summed E-state index contributed by atoms with van der Waals surface area (Å²) < 4.78 is 28.3. The Bertz CT molecular complexity index is 1180. The zero-order chi connectivity index (χ0) is 27.4. The molecule has 0 spiro atoms. The van der Waals surface area contributed by atoms with E-state index in [4.69, 9.17) is 0 Å². The molecule has 7 heteroatoms. The van der Waals surface area contributed by atoms with Gasteiger partial charge in [-0.1, -0.05) is 44.9 Å². The van der Waals surface area contributed by atoms with Crippen molar-refractivity contribution >= 4 is 28.7 Å². The Labute approximate surface area is 219 Å². The van der Waals surface area contributed by atoms with Gasteiger partial charge in [-0.15, -0.1) is 0 Å². The molecule has 2 N–H and O–H groups in total. The molecule has 2 aromatic rings. The Morgan fingerprint density at radius 2 is 1.73 bits per heavy atom. The molecular weight excluding hydrogens is 470 g/mol. The second-order valence-electron chi connectivity index (χ2n) is 8.97. The summed E-state index contributed by atoms with van der Waals surface area (Å²) in [5.74, 6) is -1.34. The molecule has 0 radical (unpaired) electrons. The van der Waals surface area contributed by atoms with Crippen molar-refractivity contribution in [3.63, 3.8) is 0 Å². The van der Waals surface area contributed by atoms with Gasteiger partial charge in [-0.2, -0.15) is 0 Å². The quantitative estimate of drug-likeness (QED) is 0.240. The van der Waals surface area contributed by atoms with Gasteiger partial charge in [0, 0.05) is 35.3 Å². The lowest BCUT2D eigenvalue weighted by Crippen LogP contribution is -2.34. The van der Waals surface area contributed by atoms with E-state index in [1.807, 2.05) is 19.1 Å². The summed E-state index contributed by atoms with van der Waals surface area (Å²) in [5.41, 5.74) is 2.77. The Kier molecular flexibility index (Phi) is 11.9. The molecule has 1 amide bonds. The highest BCUT2D eigenvalue weighted by Gasteiger charge is 2.13. The molecule has 1 unspecified atom stereocenters. The number of nitrogens with one attached hydrogen (secondary N) is 2. The van der Waals surface area contributed by atoms with Crippen molar-refractivity contribution in [1.82, 2.24) is 5.32 Å². The molecule has 0 saturated carbocycles. The maximum absolute atomic E-state index is 14.3. The van der Waals surface area contributed by atoms with E-state index in [0.717, 1.165) is 31.4 Å². The number of amides is 1. The predicted molar refractivity (Wildman–Crippen MR) is 151 cm³/mol. The lowest BCUT2D eigenvalue weighted by Gasteiger charge is -2.17. The molecule has 37 heavy (non-hydrogen) atoms. The summed E-state index contributed by atoms with van der Waals surface area (Å²) >= 11 is 0. The average Bonchev–Trinajstić information content (AvgIpc) is 2.90. The van der Waals surface area contributed by atoms with Gasteiger partial charge in [0.15, 0.2) is 17.5 Å². The first kappa shape index (κ1) is 29.6. The van der Waals surface area contributed by atoms with Crippen molar-refractivity contribution in [2.75, 3.05) is 5.32 Å². The molecule has 2 rings (SSSR count). The third-order valence-electron chi connectivity index (χ3n) is 5.99. The molecule has 0 saturated heterocycles. The van der Waals surface area contributed by atoms with Crippen LogP contribution in [0.25, 0.3) is 5.57 Å². The van der Waals surface area contributed by atoms with Crippen molar-refractivity contribution < 1.29 is 13.6 Å². The molecule has 2 aromatic carbocycles. The van der Waals surface area contributed by atoms with E-state index >= 15 is 0 Å². The number of nitrogens with zero attached hydrogens (tertiary/aromatic N) is 2. The van der Waals surface area contributed by atoms with Gasteiger partial charge in [0.25, 0.3) is 5.91 Å². The van der Waals surface area contributed by atoms with Gasteiger partial charge in [0.2, 0.25) is 0 Å². The second kappa shape index (κ2) is 14.8. The number of hydrogen-bond donors (Lipinski definition) is 2. The zero-order valence-electron chi connectivity index (χ0n) is 22.7. The van der Waals surface area contributed by atoms with E-state index in [0.29, 0.717) is 22.7 Å². The predicted octanol–water partition coefficient (Wildman–Crippen LogP) is 7.84. The van der Waals surface area contributed by atoms with Crippen molar-refractivity contribution in [3.05, 3.63) is 83.2 Å². The molecule has 198 valence electrons. The van der Waals surface area contributed by atoms with Crippen LogP contribution >= 0.6 is 0 Å². The third-order valence-corrected chi connectivity index (χ3v) is 5.99. The van der Waals surface area contributed by atoms with E-state index < -0.39 is 11.6 Å². The van der Waals surface area contributed by atoms with Gasteiger partial charge in [0.05, 0.1) is 5.71 Å². The monoisotopic (exact) mass is 508 g/mol. The summed E-state index contributed by atoms with van der Waals surface area (Å²) in [7, 11) is 0. The molecule has 0 bridgehead atoms. The lowest BCUT2D eigenvalue weighted by atomic mass is 10.1. The number of halogens is 2. The number of rotatable bonds is 11. The molecular formula is C30H38F2N4O. The van der Waals surface area contributed by atoms with Crippen LogP contribution in [0.5, 0.6) is 0 Å². The Balaban J connectivity index is 2.19. The van der Waals surface area contributed by atoms with Gasteiger partial charge < -0.3 is 10.6 Å². The number of aryl methyl sites for hydroxylation is 1. The van der Waals surface area contributed by atoms with E-state index in [1.165, 1.54) is 13.1 Å². The Morgan fingerprint density at radius 1 is 1.03 bits per heavy atom. The number of unbranched alkanes of at least 4 members (excludes halogenated alkanes) is 1. The molecule has 0 aromatic heterocycles. The number of amidine groups is 1. The fraction of sp³-hybridized carbons (Fsp3) is 0.367. The lowest BCUT2D eigenvalue weighted by molar-refractivity contribution is 0.0933. The summed E-state index contributed by atoms with van der Waals surface area (Å²) in [4.78, 5) is 21.5. The normalized spacial score (nSPS) is 13.7. The number of carbonyl (C=O) groups is 1. The molecule has 1 atom stereocenters. The van der Waals surface area contributed by atoms with Crippen LogP contribution in [-0.2, 0) is 0 Å². The minimum Gasteiger partial charge on any atom is -0.349 e. The summed E-state index contributed by atoms with van der Waals surface area (Å²) in [6.45, 7) is 11.0. The topological polar surface area (TPSA) is 65.8 Å². The first-order chi connectivity index (χ1) is 17.7. The maximum atomic E-state index is 14.3. The number of hydrogen-bond acceptors (Lipinski definition) is 3. The first-order valence-corrected chi connectivity index (χ1v) is 12.7. The van der Waals surface area contributed by atoms with Crippen LogP contribution in [0.15, 0.2) is 64.9 Å². The number of benzene rings is 2. The van der Waals surface area contributed by atoms with Gasteiger partial charge in [-0.3, -0.25) is 9.79 Å². The van der Waals surface area contributed by atoms with Gasteiger partial charge in [-0.05, 0) is 75.9 Å². The molecule has 0 aliphatic rings. The van der Waals surface area contributed by atoms with Crippen LogP contribution in [0, 0.1) is 18.6 Å². The standard InChI is InChI=1S/C30H38F2N4O/c1-7-10-11-24(9-3)36-30(37)23-13-15-25(16-14-23)35-29(33-18-8-2)22(6)34-19-21(5)26-17-12-20(4)27(31)28(26)32/h8,12-19,24H,7,9-11H2,1-6H3,(H,33,35)(H,36,37)/b18-8-,21-19+,34-22+. The van der Waals surface area contributed by atoms with Crippen molar-refractivity contribution in [1.29, 1.82) is 0 Å². The van der Waals surface area contributed by atoms with Gasteiger partial charge in [0.1, 0.15) is 0 Å². The highest BCUT2D eigenvalue weighted by Crippen LogP contribution is 2.22. The van der Waals surface area contributed by atoms with Crippen molar-refractivity contribution in [2.24, 2.45) is 9.98 Å². The zero-order valence-corrected chi connectivity index (χ0v) is 22.7. The van der Waals surface area contributed by atoms with Crippen LogP contribution in [0.2, 0.25) is 0 Å². The second-order valence-corrected chi connectivity index (χ2v) is 8.97. The Hall–Kier alpha value is -3.61. The van der Waals surface area contributed by atoms with Crippen molar-refractivity contribution in [2.45, 2.75) is 73.3 Å². The largest absolute Gasteiger partial charge is 0.349 e. The average molecular weight is 509 g/mol. The molecule has 0 heterocycles. The maximum Gasteiger partial charge on any atom is 0.251 e. The smallest absolute Gasteiger partial charge is 0.251 e. The van der Waals surface area contributed by atoms with Crippen LogP contribution in [0.1, 0.15) is 81.8 Å². The van der Waals surface area contributed by atoms with Crippen LogP contribution in [0.4, 0.5) is 14.5 Å². The highest BCUT2D eigenvalue weighted by atomic mass is 19.2. The van der Waals surface area contributed by atoms with E-state index in [2.05, 4.69) is 34.5 Å². The van der Waals surface area contributed by atoms with Crippen LogP contribution in [0.3, 0.4) is 0 Å². The van der Waals surface area contributed by atoms with Crippen LogP contribution < -0.4 is 10.6 Å². The van der Waals surface area contributed by atoms with Crippen molar-refractivity contribution in [3.8, 4) is 0 Å². The number of anilines is 1. The van der Waals surface area contributed by atoms with E-state index in [1.54, 1.807) is 50.4 Å². The fourth-order valence-electron chi connectivity index (χ4n) is 3.58. The SMILES string of the molecule is C\C=C/N=C(Nc1ccc(C(=O)NC(CC)CCCC)cc1)\C(C)=N\C=C(/C)c1ccc(C)c(F)c1F. The van der Waals surface area contributed by atoms with E-state index in [-0.39, 0.29) is 23.1 Å².